The highest BCUT2D eigenvalue weighted by molar-refractivity contribution is 9.10. The lowest BCUT2D eigenvalue weighted by Gasteiger charge is -2.14. The molecule has 0 aliphatic carbocycles. The fraction of sp³-hybridized carbons (Fsp3) is 0.174. The van der Waals surface area contributed by atoms with Gasteiger partial charge in [0, 0.05) is 6.21 Å². The normalized spacial score (nSPS) is 11.6. The molecule has 0 heterocycles. The Morgan fingerprint density at radius 3 is 2.43 bits per heavy atom. The molecule has 0 aromatic heterocycles. The van der Waals surface area contributed by atoms with E-state index < -0.39 is 10.1 Å². The number of benzene rings is 3. The molecule has 5 nitrogen and oxygen atoms in total. The van der Waals surface area contributed by atoms with Crippen molar-refractivity contribution >= 4 is 38.0 Å². The van der Waals surface area contributed by atoms with Crippen LogP contribution in [0.25, 0.3) is 0 Å². The molecule has 0 atom stereocenters. The number of hydrogen-bond donors (Lipinski definition) is 0. The summed E-state index contributed by atoms with van der Waals surface area (Å²) in [5, 5.41) is 0. The van der Waals surface area contributed by atoms with Crippen molar-refractivity contribution in [1.29, 1.82) is 0 Å². The summed E-state index contributed by atoms with van der Waals surface area (Å²) in [6, 6.07) is 17.5. The van der Waals surface area contributed by atoms with Crippen LogP contribution in [0.15, 0.2) is 75.0 Å². The van der Waals surface area contributed by atoms with Gasteiger partial charge in [-0.05, 0) is 78.2 Å². The van der Waals surface area contributed by atoms with Gasteiger partial charge in [0.15, 0.2) is 11.5 Å². The first-order valence-electron chi connectivity index (χ1n) is 9.37. The Balaban J connectivity index is 1.95. The van der Waals surface area contributed by atoms with Gasteiger partial charge in [-0.2, -0.15) is 8.42 Å². The molecule has 0 N–H and O–H groups in total. The number of nitrogens with zero attached hydrogens (tertiary/aromatic N) is 1. The summed E-state index contributed by atoms with van der Waals surface area (Å²) < 4.78 is 36.8. The zero-order valence-electron chi connectivity index (χ0n) is 16.9. The van der Waals surface area contributed by atoms with E-state index in [1.54, 1.807) is 36.5 Å². The van der Waals surface area contributed by atoms with Crippen LogP contribution in [0.2, 0.25) is 0 Å². The predicted octanol–water partition coefficient (Wildman–Crippen LogP) is 5.98. The van der Waals surface area contributed by atoms with Gasteiger partial charge in [0.2, 0.25) is 0 Å². The van der Waals surface area contributed by atoms with Crippen LogP contribution in [0.1, 0.15) is 23.6 Å². The molecule has 0 spiro atoms. The number of hydrogen-bond acceptors (Lipinski definition) is 5. The molecule has 3 aromatic carbocycles. The van der Waals surface area contributed by atoms with Crippen LogP contribution < -0.4 is 8.92 Å². The fourth-order valence-corrected chi connectivity index (χ4v) is 4.47. The van der Waals surface area contributed by atoms with Gasteiger partial charge >= 0.3 is 10.1 Å². The minimum Gasteiger partial charge on any atom is -0.490 e. The summed E-state index contributed by atoms with van der Waals surface area (Å²) in [7, 11) is -4.00. The highest BCUT2D eigenvalue weighted by atomic mass is 79.9. The number of rotatable bonds is 7. The molecule has 0 saturated heterocycles. The second-order valence-corrected chi connectivity index (χ2v) is 9.06. The molecule has 0 unspecified atom stereocenters. The SMILES string of the molecule is CCOc1cc(C=Nc2ccc(C)cc2C)cc(Br)c1OS(=O)(=O)c1ccccc1. The van der Waals surface area contributed by atoms with Crippen molar-refractivity contribution in [2.75, 3.05) is 6.61 Å². The van der Waals surface area contributed by atoms with E-state index in [1.807, 2.05) is 32.9 Å². The molecule has 0 bridgehead atoms. The van der Waals surface area contributed by atoms with Gasteiger partial charge in [0.1, 0.15) is 4.90 Å². The van der Waals surface area contributed by atoms with Gasteiger partial charge in [0.25, 0.3) is 0 Å². The molecule has 0 amide bonds. The number of ether oxygens (including phenoxy) is 1. The Morgan fingerprint density at radius 1 is 1.03 bits per heavy atom. The van der Waals surface area contributed by atoms with Gasteiger partial charge in [0.05, 0.1) is 16.8 Å². The van der Waals surface area contributed by atoms with E-state index in [0.717, 1.165) is 16.8 Å². The summed E-state index contributed by atoms with van der Waals surface area (Å²) in [4.78, 5) is 4.62. The molecule has 30 heavy (non-hydrogen) atoms. The van der Waals surface area contributed by atoms with Crippen molar-refractivity contribution in [1.82, 2.24) is 0 Å². The quantitative estimate of drug-likeness (QED) is 0.303. The number of aliphatic imine (C=N–C) groups is 1. The Labute approximate surface area is 185 Å². The standard InChI is InChI=1S/C23H22BrNO4S/c1-4-28-22-14-18(15-25-21-11-10-16(2)12-17(21)3)13-20(24)23(22)29-30(26,27)19-8-6-5-7-9-19/h5-15H,4H2,1-3H3. The lowest BCUT2D eigenvalue weighted by atomic mass is 10.1. The summed E-state index contributed by atoms with van der Waals surface area (Å²) in [5.74, 6) is 0.415. The highest BCUT2D eigenvalue weighted by Crippen LogP contribution is 2.38. The van der Waals surface area contributed by atoms with Crippen molar-refractivity contribution in [2.45, 2.75) is 25.7 Å². The Morgan fingerprint density at radius 2 is 1.77 bits per heavy atom. The third-order valence-electron chi connectivity index (χ3n) is 4.26. The zero-order valence-corrected chi connectivity index (χ0v) is 19.3. The van der Waals surface area contributed by atoms with E-state index in [-0.39, 0.29) is 10.6 Å². The summed E-state index contributed by atoms with van der Waals surface area (Å²) in [5.41, 5.74) is 3.86. The van der Waals surface area contributed by atoms with Crippen LogP contribution in [0.5, 0.6) is 11.5 Å². The molecule has 7 heteroatoms. The summed E-state index contributed by atoms with van der Waals surface area (Å²) in [6.45, 7) is 6.21. The summed E-state index contributed by atoms with van der Waals surface area (Å²) >= 11 is 3.41. The van der Waals surface area contributed by atoms with E-state index in [1.165, 1.54) is 17.7 Å². The van der Waals surface area contributed by atoms with Gasteiger partial charge < -0.3 is 8.92 Å². The fourth-order valence-electron chi connectivity index (χ4n) is 2.85. The highest BCUT2D eigenvalue weighted by Gasteiger charge is 2.22. The van der Waals surface area contributed by atoms with Gasteiger partial charge in [-0.3, -0.25) is 4.99 Å². The molecular weight excluding hydrogens is 466 g/mol. The summed E-state index contributed by atoms with van der Waals surface area (Å²) in [6.07, 6.45) is 1.71. The number of aryl methyl sites for hydroxylation is 2. The van der Waals surface area contributed by atoms with Crippen LogP contribution in [0.3, 0.4) is 0 Å². The second kappa shape index (κ2) is 9.45. The van der Waals surface area contributed by atoms with Gasteiger partial charge in [-0.15, -0.1) is 0 Å². The maximum Gasteiger partial charge on any atom is 0.339 e. The Kier molecular flexibility index (Phi) is 6.95. The van der Waals surface area contributed by atoms with Crippen LogP contribution >= 0.6 is 15.9 Å². The smallest absolute Gasteiger partial charge is 0.339 e. The van der Waals surface area contributed by atoms with Crippen molar-refractivity contribution < 1.29 is 17.3 Å². The molecule has 3 aromatic rings. The maximum absolute atomic E-state index is 12.6. The van der Waals surface area contributed by atoms with Gasteiger partial charge in [-0.1, -0.05) is 35.9 Å². The largest absolute Gasteiger partial charge is 0.490 e. The predicted molar refractivity (Wildman–Crippen MR) is 123 cm³/mol. The third kappa shape index (κ3) is 5.29. The average molecular weight is 488 g/mol. The Hall–Kier alpha value is -2.64. The van der Waals surface area contributed by atoms with E-state index >= 15 is 0 Å². The molecule has 156 valence electrons. The second-order valence-electron chi connectivity index (χ2n) is 6.66. The van der Waals surface area contributed by atoms with Crippen molar-refractivity contribution in [3.63, 3.8) is 0 Å². The first-order valence-corrected chi connectivity index (χ1v) is 11.6. The maximum atomic E-state index is 12.6. The zero-order chi connectivity index (χ0) is 21.7. The third-order valence-corrected chi connectivity index (χ3v) is 6.09. The van der Waals surface area contributed by atoms with E-state index in [0.29, 0.717) is 16.8 Å². The van der Waals surface area contributed by atoms with E-state index in [2.05, 4.69) is 27.0 Å². The lowest BCUT2D eigenvalue weighted by molar-refractivity contribution is 0.327. The van der Waals surface area contributed by atoms with Crippen LogP contribution in [0.4, 0.5) is 5.69 Å². The lowest BCUT2D eigenvalue weighted by Crippen LogP contribution is -2.11. The monoisotopic (exact) mass is 487 g/mol. The van der Waals surface area contributed by atoms with E-state index in [9.17, 15) is 8.42 Å². The molecule has 0 aliphatic rings. The number of halogens is 1. The van der Waals surface area contributed by atoms with E-state index in [4.69, 9.17) is 8.92 Å². The molecule has 0 saturated carbocycles. The van der Waals surface area contributed by atoms with Crippen LogP contribution in [0, 0.1) is 13.8 Å². The van der Waals surface area contributed by atoms with Crippen molar-refractivity contribution in [2.24, 2.45) is 4.99 Å². The topological polar surface area (TPSA) is 65.0 Å². The molecule has 0 fully saturated rings. The molecular formula is C23H22BrNO4S. The Bertz CT molecular complexity index is 1180. The van der Waals surface area contributed by atoms with Crippen LogP contribution in [-0.4, -0.2) is 21.2 Å². The van der Waals surface area contributed by atoms with Crippen LogP contribution in [-0.2, 0) is 10.1 Å². The molecule has 3 rings (SSSR count). The molecule has 0 radical (unpaired) electrons. The first-order chi connectivity index (χ1) is 14.3. The van der Waals surface area contributed by atoms with Crippen molar-refractivity contribution in [3.05, 3.63) is 81.8 Å². The molecule has 0 aliphatic heterocycles. The van der Waals surface area contributed by atoms with Crippen molar-refractivity contribution in [3.8, 4) is 11.5 Å². The van der Waals surface area contributed by atoms with Gasteiger partial charge in [-0.25, -0.2) is 0 Å². The minimum absolute atomic E-state index is 0.0693. The first kappa shape index (κ1) is 22.1. The average Bonchev–Trinajstić information content (AvgIpc) is 2.71. The minimum atomic E-state index is -4.00.